The fourth-order valence-electron chi connectivity index (χ4n) is 0.863. The van der Waals surface area contributed by atoms with E-state index in [0.717, 1.165) is 0 Å². The summed E-state index contributed by atoms with van der Waals surface area (Å²) in [6, 6.07) is 0. The normalized spacial score (nSPS) is 11.2. The Morgan fingerprint density at radius 1 is 1.33 bits per heavy atom. The summed E-state index contributed by atoms with van der Waals surface area (Å²) in [5.41, 5.74) is 0. The maximum absolute atomic E-state index is 11.0. The van der Waals surface area contributed by atoms with Crippen LogP contribution in [0.4, 0.5) is 0 Å². The molecule has 0 saturated heterocycles. The van der Waals surface area contributed by atoms with Crippen molar-refractivity contribution >= 4 is 11.8 Å². The van der Waals surface area contributed by atoms with E-state index in [1.54, 1.807) is 13.8 Å². The standard InChI is InChI=1S/C8H14O3.Ti/c1-4-7(6(3)9)8(10)11-5-2;/h7H,4-5H2,1-3H3;. The summed E-state index contributed by atoms with van der Waals surface area (Å²) >= 11 is 0. The number of carbonyl (C=O) groups is 2. The third-order valence-corrected chi connectivity index (χ3v) is 1.47. The van der Waals surface area contributed by atoms with Crippen LogP contribution in [0.15, 0.2) is 0 Å². The molecule has 0 aliphatic rings. The quantitative estimate of drug-likeness (QED) is 0.393. The molecule has 4 heteroatoms. The van der Waals surface area contributed by atoms with Gasteiger partial charge in [0.2, 0.25) is 0 Å². The van der Waals surface area contributed by atoms with E-state index in [1.165, 1.54) is 6.92 Å². The predicted molar refractivity (Wildman–Crippen MR) is 41.1 cm³/mol. The van der Waals surface area contributed by atoms with Gasteiger partial charge < -0.3 is 4.74 Å². The second kappa shape index (κ2) is 7.50. The number of Topliss-reactive ketones (excluding diaryl/α,β-unsaturated/α-hetero) is 1. The molecule has 0 amide bonds. The predicted octanol–water partition coefficient (Wildman–Crippen LogP) is 1.16. The van der Waals surface area contributed by atoms with Crippen LogP contribution in [0.2, 0.25) is 0 Å². The first kappa shape index (κ1) is 14.4. The van der Waals surface area contributed by atoms with E-state index in [2.05, 4.69) is 0 Å². The molecule has 0 rings (SSSR count). The summed E-state index contributed by atoms with van der Waals surface area (Å²) in [7, 11) is 0. The molecule has 0 radical (unpaired) electrons. The molecule has 0 bridgehead atoms. The van der Waals surface area contributed by atoms with Crippen molar-refractivity contribution in [3.8, 4) is 0 Å². The van der Waals surface area contributed by atoms with Gasteiger partial charge in [-0.1, -0.05) is 6.92 Å². The molecule has 1 unspecified atom stereocenters. The summed E-state index contributed by atoms with van der Waals surface area (Å²) in [5, 5.41) is 0. The molecule has 0 spiro atoms. The smallest absolute Gasteiger partial charge is 0.316 e. The van der Waals surface area contributed by atoms with Crippen LogP contribution in [0.3, 0.4) is 0 Å². The van der Waals surface area contributed by atoms with Crippen LogP contribution in [0.25, 0.3) is 0 Å². The maximum atomic E-state index is 11.0. The van der Waals surface area contributed by atoms with Gasteiger partial charge in [-0.3, -0.25) is 9.59 Å². The van der Waals surface area contributed by atoms with Crippen molar-refractivity contribution in [3.63, 3.8) is 0 Å². The molecule has 0 aromatic carbocycles. The van der Waals surface area contributed by atoms with E-state index in [1.807, 2.05) is 0 Å². The molecule has 0 aliphatic carbocycles. The molecule has 0 heterocycles. The van der Waals surface area contributed by atoms with Crippen molar-refractivity contribution in [3.05, 3.63) is 0 Å². The van der Waals surface area contributed by atoms with Gasteiger partial charge in [0, 0.05) is 21.7 Å². The summed E-state index contributed by atoms with van der Waals surface area (Å²) < 4.78 is 4.70. The number of esters is 1. The van der Waals surface area contributed by atoms with E-state index >= 15 is 0 Å². The SMILES string of the molecule is CCOC(=O)C(CC)C(C)=O.[Ti]. The van der Waals surface area contributed by atoms with Gasteiger partial charge in [0.15, 0.2) is 0 Å². The number of hydrogen-bond donors (Lipinski definition) is 0. The average Bonchev–Trinajstić information content (AvgIpc) is 1.88. The van der Waals surface area contributed by atoms with E-state index in [-0.39, 0.29) is 27.5 Å². The zero-order chi connectivity index (χ0) is 8.85. The third-order valence-electron chi connectivity index (χ3n) is 1.47. The number of ether oxygens (including phenoxy) is 1. The largest absolute Gasteiger partial charge is 0.465 e. The monoisotopic (exact) mass is 206 g/mol. The van der Waals surface area contributed by atoms with Crippen LogP contribution in [-0.2, 0) is 36.0 Å². The Morgan fingerprint density at radius 3 is 2.08 bits per heavy atom. The van der Waals surface area contributed by atoms with Crippen LogP contribution in [0.1, 0.15) is 27.2 Å². The number of carbonyl (C=O) groups excluding carboxylic acids is 2. The minimum atomic E-state index is -0.560. The first-order valence-electron chi connectivity index (χ1n) is 3.80. The Kier molecular flexibility index (Phi) is 8.99. The third kappa shape index (κ3) is 4.68. The Hall–Kier alpha value is -0.146. The molecule has 0 aromatic heterocycles. The van der Waals surface area contributed by atoms with Gasteiger partial charge >= 0.3 is 5.97 Å². The molecular weight excluding hydrogens is 192 g/mol. The van der Waals surface area contributed by atoms with Gasteiger partial charge in [0.25, 0.3) is 0 Å². The molecule has 0 fully saturated rings. The van der Waals surface area contributed by atoms with Gasteiger partial charge in [-0.15, -0.1) is 0 Å². The topological polar surface area (TPSA) is 43.4 Å². The van der Waals surface area contributed by atoms with Gasteiger partial charge in [-0.05, 0) is 20.3 Å². The van der Waals surface area contributed by atoms with Crippen molar-refractivity contribution in [2.45, 2.75) is 27.2 Å². The van der Waals surface area contributed by atoms with E-state index in [4.69, 9.17) is 4.74 Å². The average molecular weight is 206 g/mol. The summed E-state index contributed by atoms with van der Waals surface area (Å²) in [4.78, 5) is 21.8. The van der Waals surface area contributed by atoms with E-state index in [0.29, 0.717) is 13.0 Å². The molecule has 0 saturated carbocycles. The fourth-order valence-corrected chi connectivity index (χ4v) is 0.863. The van der Waals surface area contributed by atoms with Crippen molar-refractivity contribution in [1.82, 2.24) is 0 Å². The van der Waals surface area contributed by atoms with Crippen molar-refractivity contribution < 1.29 is 36.0 Å². The molecule has 3 nitrogen and oxygen atoms in total. The fraction of sp³-hybridized carbons (Fsp3) is 0.750. The van der Waals surface area contributed by atoms with E-state index < -0.39 is 11.9 Å². The summed E-state index contributed by atoms with van der Waals surface area (Å²) in [6.07, 6.45) is 0.522. The Morgan fingerprint density at radius 2 is 1.83 bits per heavy atom. The van der Waals surface area contributed by atoms with Crippen LogP contribution in [0.5, 0.6) is 0 Å². The van der Waals surface area contributed by atoms with Crippen molar-refractivity contribution in [2.75, 3.05) is 6.61 Å². The van der Waals surface area contributed by atoms with E-state index in [9.17, 15) is 9.59 Å². The van der Waals surface area contributed by atoms with Gasteiger partial charge in [-0.25, -0.2) is 0 Å². The van der Waals surface area contributed by atoms with Gasteiger partial charge in [-0.2, -0.15) is 0 Å². The minimum Gasteiger partial charge on any atom is -0.465 e. The summed E-state index contributed by atoms with van der Waals surface area (Å²) in [5.74, 6) is -1.08. The molecular formula is C8H14O3Ti. The number of rotatable bonds is 4. The zero-order valence-electron chi connectivity index (χ0n) is 7.72. The van der Waals surface area contributed by atoms with Crippen LogP contribution >= 0.6 is 0 Å². The maximum Gasteiger partial charge on any atom is 0.316 e. The first-order chi connectivity index (χ1) is 5.13. The van der Waals surface area contributed by atoms with Crippen molar-refractivity contribution in [2.24, 2.45) is 5.92 Å². The van der Waals surface area contributed by atoms with Crippen LogP contribution in [0, 0.1) is 5.92 Å². The van der Waals surface area contributed by atoms with Gasteiger partial charge in [0.05, 0.1) is 6.61 Å². The molecule has 0 aliphatic heterocycles. The molecule has 1 atom stereocenters. The molecule has 12 heavy (non-hydrogen) atoms. The van der Waals surface area contributed by atoms with Crippen LogP contribution < -0.4 is 0 Å². The second-order valence-electron chi connectivity index (χ2n) is 2.32. The number of ketones is 1. The Labute approximate surface area is 87.7 Å². The van der Waals surface area contributed by atoms with Crippen molar-refractivity contribution in [1.29, 1.82) is 0 Å². The minimum absolute atomic E-state index is 0. The zero-order valence-corrected chi connectivity index (χ0v) is 9.28. The summed E-state index contributed by atoms with van der Waals surface area (Å²) in [6.45, 7) is 5.27. The Bertz CT molecular complexity index is 156. The molecule has 0 N–H and O–H groups in total. The second-order valence-corrected chi connectivity index (χ2v) is 2.32. The van der Waals surface area contributed by atoms with Crippen LogP contribution in [-0.4, -0.2) is 18.4 Å². The van der Waals surface area contributed by atoms with Gasteiger partial charge in [0.1, 0.15) is 11.7 Å². The first-order valence-corrected chi connectivity index (χ1v) is 3.80. The number of hydrogen-bond acceptors (Lipinski definition) is 3. The molecule has 68 valence electrons. The molecule has 0 aromatic rings. The Balaban J connectivity index is 0.